The summed E-state index contributed by atoms with van der Waals surface area (Å²) in [6.07, 6.45) is 1.72. The molecular weight excluding hydrogens is 210 g/mol. The van der Waals surface area contributed by atoms with E-state index in [0.717, 1.165) is 15.1 Å². The summed E-state index contributed by atoms with van der Waals surface area (Å²) in [7, 11) is 0. The van der Waals surface area contributed by atoms with Crippen LogP contribution >= 0.6 is 27.3 Å². The number of aromatic nitrogens is 1. The van der Waals surface area contributed by atoms with Crippen LogP contribution < -0.4 is 0 Å². The Hall–Kier alpha value is -0.410. The summed E-state index contributed by atoms with van der Waals surface area (Å²) in [6, 6.07) is 0. The molecule has 10 heavy (non-hydrogen) atoms. The first-order valence-electron chi connectivity index (χ1n) is 2.66. The Bertz CT molecular complexity index is 264. The van der Waals surface area contributed by atoms with Gasteiger partial charge in [0.1, 0.15) is 0 Å². The van der Waals surface area contributed by atoms with Crippen molar-refractivity contribution in [3.63, 3.8) is 0 Å². The maximum atomic E-state index is 4.07. The molecule has 52 valence electrons. The highest BCUT2D eigenvalue weighted by Crippen LogP contribution is 2.26. The number of hydrogen-bond donors (Lipinski definition) is 0. The van der Waals surface area contributed by atoms with Crippen molar-refractivity contribution in [1.82, 2.24) is 4.98 Å². The Morgan fingerprint density at radius 2 is 2.50 bits per heavy atom. The standard InChI is InChI=1S/C7H6BrNS/c1-3-6-7(5(2)8)10-4-9-6/h3-4H,1-2H2. The van der Waals surface area contributed by atoms with Crippen LogP contribution in [-0.2, 0) is 0 Å². The van der Waals surface area contributed by atoms with Crippen LogP contribution in [0, 0.1) is 0 Å². The molecule has 1 rings (SSSR count). The van der Waals surface area contributed by atoms with E-state index in [-0.39, 0.29) is 0 Å². The highest BCUT2D eigenvalue weighted by atomic mass is 79.9. The van der Waals surface area contributed by atoms with Gasteiger partial charge in [0, 0.05) is 4.48 Å². The Labute approximate surface area is 72.2 Å². The number of thiazole rings is 1. The minimum absolute atomic E-state index is 0.866. The molecule has 0 aliphatic carbocycles. The van der Waals surface area contributed by atoms with Gasteiger partial charge in [0.05, 0.1) is 16.1 Å². The van der Waals surface area contributed by atoms with Gasteiger partial charge < -0.3 is 0 Å². The third kappa shape index (κ3) is 1.36. The predicted molar refractivity (Wildman–Crippen MR) is 50.2 cm³/mol. The van der Waals surface area contributed by atoms with E-state index < -0.39 is 0 Å². The van der Waals surface area contributed by atoms with Gasteiger partial charge >= 0.3 is 0 Å². The fourth-order valence-corrected chi connectivity index (χ4v) is 1.74. The fourth-order valence-electron chi connectivity index (χ4n) is 0.603. The molecule has 0 aromatic carbocycles. The van der Waals surface area contributed by atoms with E-state index in [2.05, 4.69) is 34.1 Å². The van der Waals surface area contributed by atoms with Gasteiger partial charge in [-0.15, -0.1) is 11.3 Å². The number of hydrogen-bond acceptors (Lipinski definition) is 2. The summed E-state index contributed by atoms with van der Waals surface area (Å²) < 4.78 is 0.866. The summed E-state index contributed by atoms with van der Waals surface area (Å²) >= 11 is 4.83. The van der Waals surface area contributed by atoms with Crippen molar-refractivity contribution in [2.75, 3.05) is 0 Å². The normalized spacial score (nSPS) is 9.30. The second kappa shape index (κ2) is 3.12. The number of halogens is 1. The molecule has 0 aliphatic heterocycles. The van der Waals surface area contributed by atoms with Gasteiger partial charge in [0.2, 0.25) is 0 Å². The van der Waals surface area contributed by atoms with Crippen molar-refractivity contribution < 1.29 is 0 Å². The van der Waals surface area contributed by atoms with Crippen molar-refractivity contribution in [3.05, 3.63) is 29.2 Å². The first kappa shape index (κ1) is 7.69. The SMILES string of the molecule is C=Cc1ncsc1C(=C)Br. The summed E-state index contributed by atoms with van der Waals surface area (Å²) in [4.78, 5) is 5.12. The highest BCUT2D eigenvalue weighted by Gasteiger charge is 2.02. The zero-order chi connectivity index (χ0) is 7.56. The van der Waals surface area contributed by atoms with Crippen molar-refractivity contribution in [2.24, 2.45) is 0 Å². The lowest BCUT2D eigenvalue weighted by Crippen LogP contribution is -1.74. The molecule has 0 saturated heterocycles. The number of rotatable bonds is 2. The van der Waals surface area contributed by atoms with Crippen LogP contribution in [0.2, 0.25) is 0 Å². The molecule has 0 spiro atoms. The lowest BCUT2D eigenvalue weighted by atomic mass is 10.3. The van der Waals surface area contributed by atoms with E-state index in [1.54, 1.807) is 22.9 Å². The monoisotopic (exact) mass is 215 g/mol. The molecule has 0 unspecified atom stereocenters. The highest BCUT2D eigenvalue weighted by molar-refractivity contribution is 9.15. The second-order valence-corrected chi connectivity index (χ2v) is 3.49. The van der Waals surface area contributed by atoms with Gasteiger partial charge in [-0.3, -0.25) is 0 Å². The van der Waals surface area contributed by atoms with E-state index in [0.29, 0.717) is 0 Å². The molecule has 0 radical (unpaired) electrons. The molecule has 1 heterocycles. The van der Waals surface area contributed by atoms with Crippen molar-refractivity contribution in [1.29, 1.82) is 0 Å². The van der Waals surface area contributed by atoms with E-state index >= 15 is 0 Å². The molecule has 0 fully saturated rings. The maximum Gasteiger partial charge on any atom is 0.0817 e. The van der Waals surface area contributed by atoms with E-state index in [1.165, 1.54) is 0 Å². The zero-order valence-corrected chi connectivity index (χ0v) is 7.70. The van der Waals surface area contributed by atoms with Crippen molar-refractivity contribution in [3.8, 4) is 0 Å². The maximum absolute atomic E-state index is 4.07. The van der Waals surface area contributed by atoms with Gasteiger partial charge in [-0.25, -0.2) is 4.98 Å². The van der Waals surface area contributed by atoms with Gasteiger partial charge in [-0.1, -0.05) is 13.2 Å². The minimum Gasteiger partial charge on any atom is -0.245 e. The predicted octanol–water partition coefficient (Wildman–Crippen LogP) is 3.15. The van der Waals surface area contributed by atoms with Crippen LogP contribution in [-0.4, -0.2) is 4.98 Å². The third-order valence-electron chi connectivity index (χ3n) is 1.03. The van der Waals surface area contributed by atoms with E-state index in [9.17, 15) is 0 Å². The molecule has 1 nitrogen and oxygen atoms in total. The molecular formula is C7H6BrNS. The molecule has 0 aliphatic rings. The van der Waals surface area contributed by atoms with E-state index in [4.69, 9.17) is 0 Å². The lowest BCUT2D eigenvalue weighted by molar-refractivity contribution is 1.38. The quantitative estimate of drug-likeness (QED) is 0.739. The molecule has 1 aromatic rings. The average Bonchev–Trinajstić information content (AvgIpc) is 2.33. The molecule has 0 saturated carbocycles. The van der Waals surface area contributed by atoms with Crippen molar-refractivity contribution in [2.45, 2.75) is 0 Å². The molecule has 1 aromatic heterocycles. The summed E-state index contributed by atoms with van der Waals surface area (Å²) in [5.74, 6) is 0. The van der Waals surface area contributed by atoms with Crippen LogP contribution in [0.25, 0.3) is 10.6 Å². The second-order valence-electron chi connectivity index (χ2n) is 1.68. The Balaban J connectivity index is 3.13. The Morgan fingerprint density at radius 3 is 2.90 bits per heavy atom. The largest absolute Gasteiger partial charge is 0.245 e. The molecule has 0 bridgehead atoms. The van der Waals surface area contributed by atoms with Crippen LogP contribution in [0.15, 0.2) is 18.7 Å². The lowest BCUT2D eigenvalue weighted by Gasteiger charge is -1.90. The van der Waals surface area contributed by atoms with Crippen molar-refractivity contribution >= 4 is 37.8 Å². The van der Waals surface area contributed by atoms with Gasteiger partial charge in [-0.05, 0) is 22.0 Å². The van der Waals surface area contributed by atoms with E-state index in [1.807, 2.05) is 0 Å². The average molecular weight is 216 g/mol. The molecule has 0 N–H and O–H groups in total. The fraction of sp³-hybridized carbons (Fsp3) is 0. The summed E-state index contributed by atoms with van der Waals surface area (Å²) in [5, 5.41) is 0. The van der Waals surface area contributed by atoms with Crippen LogP contribution in [0.4, 0.5) is 0 Å². The first-order chi connectivity index (χ1) is 4.75. The van der Waals surface area contributed by atoms with Gasteiger partial charge in [0.15, 0.2) is 0 Å². The third-order valence-corrected chi connectivity index (χ3v) is 2.60. The Morgan fingerprint density at radius 1 is 1.80 bits per heavy atom. The summed E-state index contributed by atoms with van der Waals surface area (Å²) in [6.45, 7) is 7.37. The molecule has 0 atom stereocenters. The molecule has 0 amide bonds. The van der Waals surface area contributed by atoms with Crippen LogP contribution in [0.1, 0.15) is 10.6 Å². The molecule has 3 heteroatoms. The first-order valence-corrected chi connectivity index (χ1v) is 4.33. The summed E-state index contributed by atoms with van der Waals surface area (Å²) in [5.41, 5.74) is 2.67. The van der Waals surface area contributed by atoms with Gasteiger partial charge in [-0.2, -0.15) is 0 Å². The van der Waals surface area contributed by atoms with Crippen LogP contribution in [0.3, 0.4) is 0 Å². The smallest absolute Gasteiger partial charge is 0.0817 e. The minimum atomic E-state index is 0.866. The topological polar surface area (TPSA) is 12.9 Å². The van der Waals surface area contributed by atoms with Crippen LogP contribution in [0.5, 0.6) is 0 Å². The zero-order valence-electron chi connectivity index (χ0n) is 5.30. The number of nitrogens with zero attached hydrogens (tertiary/aromatic N) is 1. The Kier molecular flexibility index (Phi) is 2.40. The van der Waals surface area contributed by atoms with Gasteiger partial charge in [0.25, 0.3) is 0 Å².